The van der Waals surface area contributed by atoms with Gasteiger partial charge in [0.2, 0.25) is 10.0 Å². The molecule has 11 heteroatoms. The monoisotopic (exact) mass is 482 g/mol. The number of carbonyl (C=O) groups is 2. The summed E-state index contributed by atoms with van der Waals surface area (Å²) in [5.41, 5.74) is 7.35. The molecule has 174 valence electrons. The molecule has 0 aliphatic heterocycles. The van der Waals surface area contributed by atoms with E-state index in [-0.39, 0.29) is 13.0 Å². The molecule has 0 aliphatic carbocycles. The van der Waals surface area contributed by atoms with Gasteiger partial charge in [-0.25, -0.2) is 12.8 Å². The molecule has 1 unspecified atom stereocenters. The second kappa shape index (κ2) is 11.8. The molecule has 0 spiro atoms. The first-order valence-corrected chi connectivity index (χ1v) is 12.7. The maximum atomic E-state index is 13.9. The van der Waals surface area contributed by atoms with Crippen LogP contribution in [-0.2, 0) is 19.6 Å². The van der Waals surface area contributed by atoms with E-state index >= 15 is 0 Å². The molecule has 0 aromatic heterocycles. The fraction of sp³-hybridized carbons (Fsp3) is 0.333. The van der Waals surface area contributed by atoms with E-state index in [9.17, 15) is 22.4 Å². The number of nitrogens with one attached hydrogen (secondary N) is 4. The van der Waals surface area contributed by atoms with Gasteiger partial charge in [0.1, 0.15) is 16.8 Å². The number of thioether (sulfide) groups is 1. The van der Waals surface area contributed by atoms with Crippen LogP contribution in [0.3, 0.4) is 0 Å². The van der Waals surface area contributed by atoms with E-state index in [2.05, 4.69) is 20.9 Å². The highest BCUT2D eigenvalue weighted by atomic mass is 32.2. The summed E-state index contributed by atoms with van der Waals surface area (Å²) >= 11 is 1.42. The summed E-state index contributed by atoms with van der Waals surface area (Å²) in [6.45, 7) is 3.78. The number of carbonyl (C=O) groups excluding carboxylic acids is 2. The SMILES string of the molecule is CSCCC(NS(=O)(=O)c1ccccc1F)C(=O)NNC(=O)CNc1ccc(C)cc1C. The lowest BCUT2D eigenvalue weighted by molar-refractivity contribution is -0.129. The van der Waals surface area contributed by atoms with Crippen LogP contribution in [0.15, 0.2) is 47.4 Å². The zero-order valence-corrected chi connectivity index (χ0v) is 19.7. The predicted molar refractivity (Wildman–Crippen MR) is 124 cm³/mol. The zero-order chi connectivity index (χ0) is 23.7. The Hall–Kier alpha value is -2.63. The highest BCUT2D eigenvalue weighted by Crippen LogP contribution is 2.16. The van der Waals surface area contributed by atoms with E-state index in [0.29, 0.717) is 5.75 Å². The molecule has 4 N–H and O–H groups in total. The van der Waals surface area contributed by atoms with Gasteiger partial charge in [0.05, 0.1) is 6.54 Å². The largest absolute Gasteiger partial charge is 0.376 e. The Balaban J connectivity index is 1.97. The van der Waals surface area contributed by atoms with Gasteiger partial charge < -0.3 is 5.32 Å². The van der Waals surface area contributed by atoms with Gasteiger partial charge in [0.15, 0.2) is 0 Å². The molecule has 0 fully saturated rings. The molecule has 0 radical (unpaired) electrons. The van der Waals surface area contributed by atoms with E-state index in [1.165, 1.54) is 23.9 Å². The smallest absolute Gasteiger partial charge is 0.257 e. The van der Waals surface area contributed by atoms with Crippen LogP contribution < -0.4 is 20.9 Å². The molecule has 2 amide bonds. The third kappa shape index (κ3) is 7.50. The summed E-state index contributed by atoms with van der Waals surface area (Å²) in [7, 11) is -4.28. The van der Waals surface area contributed by atoms with Crippen LogP contribution >= 0.6 is 11.8 Å². The van der Waals surface area contributed by atoms with Gasteiger partial charge in [-0.1, -0.05) is 29.8 Å². The lowest BCUT2D eigenvalue weighted by atomic mass is 10.1. The van der Waals surface area contributed by atoms with Gasteiger partial charge >= 0.3 is 0 Å². The number of anilines is 1. The quantitative estimate of drug-likeness (QED) is 0.386. The highest BCUT2D eigenvalue weighted by Gasteiger charge is 2.27. The molecule has 2 aromatic carbocycles. The normalized spacial score (nSPS) is 12.1. The standard InChI is InChI=1S/C21H27FN4O4S2/c1-14-8-9-17(15(2)12-14)23-13-20(27)24-25-21(28)18(10-11-31-3)26-32(29,30)19-7-5-4-6-16(19)22/h4-9,12,18,23,26H,10-11,13H2,1-3H3,(H,24,27)(H,25,28). The fourth-order valence-corrected chi connectivity index (χ4v) is 4.62. The average molecular weight is 483 g/mol. The van der Waals surface area contributed by atoms with Crippen LogP contribution in [0.4, 0.5) is 10.1 Å². The van der Waals surface area contributed by atoms with Crippen molar-refractivity contribution in [2.24, 2.45) is 0 Å². The minimum Gasteiger partial charge on any atom is -0.376 e. The van der Waals surface area contributed by atoms with E-state index < -0.39 is 38.6 Å². The molecular weight excluding hydrogens is 455 g/mol. The first kappa shape index (κ1) is 25.6. The van der Waals surface area contributed by atoms with Crippen molar-refractivity contribution in [1.29, 1.82) is 0 Å². The Bertz CT molecular complexity index is 1060. The molecule has 0 bridgehead atoms. The molecule has 32 heavy (non-hydrogen) atoms. The third-order valence-electron chi connectivity index (χ3n) is 4.50. The number of hydrogen-bond donors (Lipinski definition) is 4. The van der Waals surface area contributed by atoms with Crippen molar-refractivity contribution in [3.8, 4) is 0 Å². The molecule has 0 saturated carbocycles. The first-order chi connectivity index (χ1) is 15.1. The maximum Gasteiger partial charge on any atom is 0.257 e. The van der Waals surface area contributed by atoms with Gasteiger partial charge in [-0.05, 0) is 56.0 Å². The molecule has 8 nitrogen and oxygen atoms in total. The number of amides is 2. The van der Waals surface area contributed by atoms with E-state index in [0.717, 1.165) is 28.9 Å². The van der Waals surface area contributed by atoms with Gasteiger partial charge in [-0.15, -0.1) is 0 Å². The lowest BCUT2D eigenvalue weighted by Gasteiger charge is -2.19. The summed E-state index contributed by atoms with van der Waals surface area (Å²) in [4.78, 5) is 24.1. The van der Waals surface area contributed by atoms with Crippen molar-refractivity contribution >= 4 is 39.3 Å². The van der Waals surface area contributed by atoms with Gasteiger partial charge in [-0.3, -0.25) is 20.4 Å². The van der Waals surface area contributed by atoms with Gasteiger partial charge in [0.25, 0.3) is 11.8 Å². The zero-order valence-electron chi connectivity index (χ0n) is 18.1. The van der Waals surface area contributed by atoms with Crippen molar-refractivity contribution in [3.63, 3.8) is 0 Å². The second-order valence-electron chi connectivity index (χ2n) is 7.10. The minimum absolute atomic E-state index is 0.0966. The Morgan fingerprint density at radius 2 is 1.81 bits per heavy atom. The van der Waals surface area contributed by atoms with Gasteiger partial charge in [-0.2, -0.15) is 16.5 Å². The molecule has 2 rings (SSSR count). The Labute approximate surface area is 191 Å². The van der Waals surface area contributed by atoms with E-state index in [1.807, 2.05) is 32.0 Å². The maximum absolute atomic E-state index is 13.9. The molecule has 0 saturated heterocycles. The minimum atomic E-state index is -4.28. The summed E-state index contributed by atoms with van der Waals surface area (Å²) < 4.78 is 41.2. The van der Waals surface area contributed by atoms with Crippen molar-refractivity contribution in [2.75, 3.05) is 23.9 Å². The summed E-state index contributed by atoms with van der Waals surface area (Å²) in [6, 6.07) is 9.43. The van der Waals surface area contributed by atoms with Crippen LogP contribution in [0.25, 0.3) is 0 Å². The molecule has 0 heterocycles. The van der Waals surface area contributed by atoms with Crippen molar-refractivity contribution in [1.82, 2.24) is 15.6 Å². The number of halogens is 1. The van der Waals surface area contributed by atoms with Crippen molar-refractivity contribution in [2.45, 2.75) is 31.2 Å². The third-order valence-corrected chi connectivity index (χ3v) is 6.65. The number of sulfonamides is 1. The number of benzene rings is 2. The molecule has 1 atom stereocenters. The lowest BCUT2D eigenvalue weighted by Crippen LogP contribution is -2.53. The first-order valence-electron chi connectivity index (χ1n) is 9.79. The molecular formula is C21H27FN4O4S2. The second-order valence-corrected chi connectivity index (χ2v) is 9.76. The number of rotatable bonds is 10. The molecule has 2 aromatic rings. The number of hydrogen-bond acceptors (Lipinski definition) is 6. The summed E-state index contributed by atoms with van der Waals surface area (Å²) in [6.07, 6.45) is 1.96. The van der Waals surface area contributed by atoms with E-state index in [1.54, 1.807) is 6.26 Å². The number of hydrazine groups is 1. The number of aryl methyl sites for hydroxylation is 2. The van der Waals surface area contributed by atoms with Crippen LogP contribution in [0.5, 0.6) is 0 Å². The van der Waals surface area contributed by atoms with Crippen molar-refractivity contribution < 1.29 is 22.4 Å². The summed E-state index contributed by atoms with van der Waals surface area (Å²) in [5.74, 6) is -1.72. The van der Waals surface area contributed by atoms with Crippen LogP contribution in [0, 0.1) is 19.7 Å². The molecule has 0 aliphatic rings. The van der Waals surface area contributed by atoms with Gasteiger partial charge in [0, 0.05) is 5.69 Å². The predicted octanol–water partition coefficient (Wildman–Crippen LogP) is 2.10. The Morgan fingerprint density at radius 3 is 2.47 bits per heavy atom. The topological polar surface area (TPSA) is 116 Å². The Morgan fingerprint density at radius 1 is 1.09 bits per heavy atom. The van der Waals surface area contributed by atoms with Crippen LogP contribution in [-0.4, -0.2) is 44.8 Å². The highest BCUT2D eigenvalue weighted by molar-refractivity contribution is 7.98. The van der Waals surface area contributed by atoms with Crippen LogP contribution in [0.2, 0.25) is 0 Å². The summed E-state index contributed by atoms with van der Waals surface area (Å²) in [5, 5.41) is 2.97. The van der Waals surface area contributed by atoms with E-state index in [4.69, 9.17) is 0 Å². The average Bonchev–Trinajstić information content (AvgIpc) is 2.74. The van der Waals surface area contributed by atoms with Crippen molar-refractivity contribution in [3.05, 3.63) is 59.4 Å². The fourth-order valence-electron chi connectivity index (χ4n) is 2.84. The van der Waals surface area contributed by atoms with Crippen LogP contribution in [0.1, 0.15) is 17.5 Å². The Kier molecular flexibility index (Phi) is 9.48.